The zero-order valence-corrected chi connectivity index (χ0v) is 15.5. The van der Waals surface area contributed by atoms with Gasteiger partial charge in [0, 0.05) is 25.2 Å². The van der Waals surface area contributed by atoms with Gasteiger partial charge in [0.05, 0.1) is 6.04 Å². The van der Waals surface area contributed by atoms with E-state index in [0.29, 0.717) is 29.5 Å². The summed E-state index contributed by atoms with van der Waals surface area (Å²) < 4.78 is 20.9. The number of nitrogens with one attached hydrogen (secondary N) is 1. The summed E-state index contributed by atoms with van der Waals surface area (Å²) in [5, 5.41) is 17.2. The van der Waals surface area contributed by atoms with Crippen molar-refractivity contribution in [1.82, 2.24) is 19.7 Å². The molecule has 1 saturated heterocycles. The number of nitrogens with zero attached hydrogens (tertiary/aromatic N) is 5. The Labute approximate surface area is 157 Å². The SMILES string of the molecule is CC(C)n1nc(N[C@@H]2[C@@H]3CC[C@H]2CN(C#N)C3)nc1Oc1cccc(F)c1. The molecule has 0 amide bonds. The van der Waals surface area contributed by atoms with Crippen molar-refractivity contribution in [3.63, 3.8) is 0 Å². The summed E-state index contributed by atoms with van der Waals surface area (Å²) >= 11 is 0. The van der Waals surface area contributed by atoms with E-state index in [1.54, 1.807) is 16.8 Å². The van der Waals surface area contributed by atoms with E-state index in [2.05, 4.69) is 21.6 Å². The van der Waals surface area contributed by atoms with Gasteiger partial charge in [-0.05, 0) is 50.7 Å². The zero-order valence-electron chi connectivity index (χ0n) is 15.5. The first-order valence-electron chi connectivity index (χ1n) is 9.34. The van der Waals surface area contributed by atoms with Gasteiger partial charge in [0.2, 0.25) is 5.95 Å². The van der Waals surface area contributed by atoms with Crippen LogP contribution in [0, 0.1) is 29.1 Å². The van der Waals surface area contributed by atoms with Gasteiger partial charge in [-0.15, -0.1) is 5.10 Å². The molecule has 0 radical (unpaired) electrons. The summed E-state index contributed by atoms with van der Waals surface area (Å²) in [7, 11) is 0. The molecule has 2 aliphatic rings. The Morgan fingerprint density at radius 1 is 1.30 bits per heavy atom. The van der Waals surface area contributed by atoms with Crippen LogP contribution in [0.4, 0.5) is 10.3 Å². The molecule has 2 fully saturated rings. The maximum atomic E-state index is 13.4. The number of ether oxygens (including phenoxy) is 1. The number of halogens is 1. The van der Waals surface area contributed by atoms with Crippen LogP contribution in [0.3, 0.4) is 0 Å². The van der Waals surface area contributed by atoms with Crippen molar-refractivity contribution in [2.24, 2.45) is 11.8 Å². The third-order valence-corrected chi connectivity index (χ3v) is 5.37. The summed E-state index contributed by atoms with van der Waals surface area (Å²) in [4.78, 5) is 6.35. The number of nitriles is 1. The van der Waals surface area contributed by atoms with E-state index in [-0.39, 0.29) is 17.9 Å². The number of fused-ring (bicyclic) bond motifs is 2. The lowest BCUT2D eigenvalue weighted by atomic mass is 9.92. The predicted octanol–water partition coefficient (Wildman–Crippen LogP) is 3.39. The second-order valence-electron chi connectivity index (χ2n) is 7.59. The molecule has 27 heavy (non-hydrogen) atoms. The Hall–Kier alpha value is -2.82. The van der Waals surface area contributed by atoms with Crippen LogP contribution in [-0.2, 0) is 0 Å². The molecule has 1 saturated carbocycles. The topological polar surface area (TPSA) is 79.0 Å². The van der Waals surface area contributed by atoms with Crippen molar-refractivity contribution < 1.29 is 9.13 Å². The van der Waals surface area contributed by atoms with Crippen LogP contribution in [0.25, 0.3) is 0 Å². The summed E-state index contributed by atoms with van der Waals surface area (Å²) in [5.41, 5.74) is 0. The molecular formula is C19H23FN6O. The highest BCUT2D eigenvalue weighted by Crippen LogP contribution is 2.38. The van der Waals surface area contributed by atoms with Crippen LogP contribution >= 0.6 is 0 Å². The Balaban J connectivity index is 1.53. The highest BCUT2D eigenvalue weighted by molar-refractivity contribution is 5.32. The van der Waals surface area contributed by atoms with Crippen LogP contribution in [-0.4, -0.2) is 38.8 Å². The third kappa shape index (κ3) is 3.54. The van der Waals surface area contributed by atoms with Gasteiger partial charge in [0.25, 0.3) is 0 Å². The molecule has 1 aliphatic carbocycles. The average molecular weight is 370 g/mol. The van der Waals surface area contributed by atoms with Crippen molar-refractivity contribution in [2.75, 3.05) is 18.4 Å². The molecule has 2 heterocycles. The minimum absolute atomic E-state index is 0.0498. The first-order chi connectivity index (χ1) is 13.0. The first-order valence-corrected chi connectivity index (χ1v) is 9.34. The van der Waals surface area contributed by atoms with Crippen LogP contribution < -0.4 is 10.1 Å². The van der Waals surface area contributed by atoms with E-state index in [4.69, 9.17) is 4.74 Å². The van der Waals surface area contributed by atoms with Gasteiger partial charge in [-0.2, -0.15) is 10.2 Å². The van der Waals surface area contributed by atoms with Gasteiger partial charge in [0.1, 0.15) is 11.6 Å². The van der Waals surface area contributed by atoms with Crippen molar-refractivity contribution >= 4 is 5.95 Å². The minimum Gasteiger partial charge on any atom is -0.424 e. The van der Waals surface area contributed by atoms with Crippen LogP contribution in [0.5, 0.6) is 11.8 Å². The lowest BCUT2D eigenvalue weighted by Gasteiger charge is -2.35. The van der Waals surface area contributed by atoms with Crippen LogP contribution in [0.15, 0.2) is 24.3 Å². The highest BCUT2D eigenvalue weighted by Gasteiger charge is 2.42. The molecule has 142 valence electrons. The van der Waals surface area contributed by atoms with Crippen molar-refractivity contribution in [3.05, 3.63) is 30.1 Å². The van der Waals surface area contributed by atoms with Gasteiger partial charge >= 0.3 is 6.01 Å². The maximum absolute atomic E-state index is 13.4. The predicted molar refractivity (Wildman–Crippen MR) is 97.7 cm³/mol. The summed E-state index contributed by atoms with van der Waals surface area (Å²) in [6.07, 6.45) is 4.49. The lowest BCUT2D eigenvalue weighted by molar-refractivity contribution is 0.217. The van der Waals surface area contributed by atoms with Crippen molar-refractivity contribution in [2.45, 2.75) is 38.8 Å². The molecule has 1 aliphatic heterocycles. The number of piperidine rings is 1. The number of hydrogen-bond donors (Lipinski definition) is 1. The Kier molecular flexibility index (Phi) is 4.60. The fourth-order valence-corrected chi connectivity index (χ4v) is 4.10. The molecule has 1 aromatic heterocycles. The first kappa shape index (κ1) is 17.6. The highest BCUT2D eigenvalue weighted by atomic mass is 19.1. The van der Waals surface area contributed by atoms with Crippen molar-refractivity contribution in [3.8, 4) is 18.0 Å². The Morgan fingerprint density at radius 3 is 2.67 bits per heavy atom. The van der Waals surface area contributed by atoms with E-state index in [0.717, 1.165) is 25.9 Å². The van der Waals surface area contributed by atoms with E-state index in [9.17, 15) is 9.65 Å². The number of likely N-dealkylation sites (tertiary alicyclic amines) is 1. The van der Waals surface area contributed by atoms with Crippen LogP contribution in [0.1, 0.15) is 32.7 Å². The Morgan fingerprint density at radius 2 is 2.04 bits per heavy atom. The minimum atomic E-state index is -0.359. The van der Waals surface area contributed by atoms with E-state index in [1.165, 1.54) is 12.1 Å². The molecule has 0 unspecified atom stereocenters. The molecular weight excluding hydrogens is 347 g/mol. The molecule has 2 aromatic rings. The molecule has 2 bridgehead atoms. The normalized spacial score (nSPS) is 24.1. The summed E-state index contributed by atoms with van der Waals surface area (Å²) in [5.74, 6) is 1.38. The van der Waals surface area contributed by atoms with Gasteiger partial charge in [-0.3, -0.25) is 0 Å². The van der Waals surface area contributed by atoms with E-state index < -0.39 is 0 Å². The van der Waals surface area contributed by atoms with Gasteiger partial charge < -0.3 is 15.0 Å². The molecule has 3 atom stereocenters. The summed E-state index contributed by atoms with van der Waals surface area (Å²) in [6, 6.07) is 6.63. The van der Waals surface area contributed by atoms with Gasteiger partial charge in [-0.1, -0.05) is 6.07 Å². The molecule has 4 rings (SSSR count). The average Bonchev–Trinajstić information content (AvgIpc) is 3.12. The van der Waals surface area contributed by atoms with Gasteiger partial charge in [-0.25, -0.2) is 9.07 Å². The quantitative estimate of drug-likeness (QED) is 0.813. The van der Waals surface area contributed by atoms with E-state index >= 15 is 0 Å². The number of anilines is 1. The smallest absolute Gasteiger partial charge is 0.322 e. The standard InChI is InChI=1S/C19H23FN6O/c1-12(2)26-19(27-16-5-3-4-15(20)8-16)23-18(24-26)22-17-13-6-7-14(17)10-25(9-13)11-21/h3-5,8,12-14,17H,6-7,9-10H2,1-2H3,(H,22,24)/t13-,14+,17-. The monoisotopic (exact) mass is 370 g/mol. The second-order valence-corrected chi connectivity index (χ2v) is 7.59. The number of benzene rings is 1. The molecule has 7 nitrogen and oxygen atoms in total. The van der Waals surface area contributed by atoms with Gasteiger partial charge in [0.15, 0.2) is 6.19 Å². The lowest BCUT2D eigenvalue weighted by Crippen LogP contribution is -2.46. The molecule has 8 heteroatoms. The second kappa shape index (κ2) is 7.06. The van der Waals surface area contributed by atoms with E-state index in [1.807, 2.05) is 18.7 Å². The number of hydrogen-bond acceptors (Lipinski definition) is 6. The number of aromatic nitrogens is 3. The fraction of sp³-hybridized carbons (Fsp3) is 0.526. The maximum Gasteiger partial charge on any atom is 0.322 e. The largest absolute Gasteiger partial charge is 0.424 e. The molecule has 1 aromatic carbocycles. The summed E-state index contributed by atoms with van der Waals surface area (Å²) in [6.45, 7) is 5.54. The third-order valence-electron chi connectivity index (χ3n) is 5.37. The number of rotatable bonds is 5. The van der Waals surface area contributed by atoms with Crippen molar-refractivity contribution in [1.29, 1.82) is 5.26 Å². The zero-order chi connectivity index (χ0) is 19.0. The van der Waals surface area contributed by atoms with Crippen LogP contribution in [0.2, 0.25) is 0 Å². The molecule has 0 spiro atoms. The fourth-order valence-electron chi connectivity index (χ4n) is 4.10. The Bertz CT molecular complexity index is 846. The molecule has 1 N–H and O–H groups in total.